The second-order valence-corrected chi connectivity index (χ2v) is 7.71. The molecular formula is C20H31N3O2. The van der Waals surface area contributed by atoms with E-state index in [9.17, 15) is 4.79 Å². The van der Waals surface area contributed by atoms with Crippen LogP contribution in [0.2, 0.25) is 0 Å². The highest BCUT2D eigenvalue weighted by Crippen LogP contribution is 2.26. The van der Waals surface area contributed by atoms with Gasteiger partial charge in [0.25, 0.3) is 0 Å². The number of nitrogens with one attached hydrogen (secondary N) is 1. The van der Waals surface area contributed by atoms with E-state index in [4.69, 9.17) is 4.74 Å². The minimum atomic E-state index is 0.0307. The lowest BCUT2D eigenvalue weighted by atomic mass is 9.97. The zero-order valence-corrected chi connectivity index (χ0v) is 15.8. The van der Waals surface area contributed by atoms with Crippen LogP contribution in [0.5, 0.6) is 0 Å². The molecule has 2 atom stereocenters. The standard InChI is InChI=1S/C20H31N3O2/c1-15-6-7-23(14-16(2)12-15)20(24)21-19-13-18(5-4-17(19)3)22-8-10-25-11-9-22/h4-5,13,15-16H,6-12,14H2,1-3H3,(H,21,24)/t15-,16+/m0/s1. The normalized spacial score (nSPS) is 24.8. The van der Waals surface area contributed by atoms with Crippen molar-refractivity contribution in [2.75, 3.05) is 49.6 Å². The molecule has 1 aromatic rings. The van der Waals surface area contributed by atoms with Crippen molar-refractivity contribution >= 4 is 17.4 Å². The summed E-state index contributed by atoms with van der Waals surface area (Å²) in [5.41, 5.74) is 3.17. The molecule has 25 heavy (non-hydrogen) atoms. The van der Waals surface area contributed by atoms with Gasteiger partial charge in [-0.05, 0) is 49.3 Å². The molecule has 1 aromatic carbocycles. The lowest BCUT2D eigenvalue weighted by Gasteiger charge is -2.30. The summed E-state index contributed by atoms with van der Waals surface area (Å²) in [6.07, 6.45) is 2.29. The molecule has 5 heteroatoms. The number of amides is 2. The number of carbonyl (C=O) groups is 1. The fourth-order valence-electron chi connectivity index (χ4n) is 3.86. The molecule has 1 N–H and O–H groups in total. The van der Waals surface area contributed by atoms with E-state index in [-0.39, 0.29) is 6.03 Å². The Morgan fingerprint density at radius 1 is 1.16 bits per heavy atom. The van der Waals surface area contributed by atoms with Crippen molar-refractivity contribution in [3.05, 3.63) is 23.8 Å². The molecule has 2 aliphatic heterocycles. The number of rotatable bonds is 2. The Labute approximate surface area is 151 Å². The molecule has 3 rings (SSSR count). The summed E-state index contributed by atoms with van der Waals surface area (Å²) in [6, 6.07) is 6.35. The summed E-state index contributed by atoms with van der Waals surface area (Å²) in [5.74, 6) is 1.25. The molecule has 0 unspecified atom stereocenters. The van der Waals surface area contributed by atoms with Gasteiger partial charge in [-0.3, -0.25) is 0 Å². The maximum absolute atomic E-state index is 12.8. The number of hydrogen-bond acceptors (Lipinski definition) is 3. The summed E-state index contributed by atoms with van der Waals surface area (Å²) in [4.78, 5) is 17.1. The van der Waals surface area contributed by atoms with Crippen molar-refractivity contribution in [2.24, 2.45) is 11.8 Å². The first-order valence-electron chi connectivity index (χ1n) is 9.52. The monoisotopic (exact) mass is 345 g/mol. The molecule has 2 amide bonds. The van der Waals surface area contributed by atoms with Crippen molar-refractivity contribution in [2.45, 2.75) is 33.6 Å². The van der Waals surface area contributed by atoms with Gasteiger partial charge < -0.3 is 19.9 Å². The number of likely N-dealkylation sites (tertiary alicyclic amines) is 1. The van der Waals surface area contributed by atoms with Crippen LogP contribution in [-0.2, 0) is 4.74 Å². The third-order valence-electron chi connectivity index (χ3n) is 5.35. The maximum Gasteiger partial charge on any atom is 0.321 e. The summed E-state index contributed by atoms with van der Waals surface area (Å²) >= 11 is 0. The molecule has 0 radical (unpaired) electrons. The van der Waals surface area contributed by atoms with Crippen molar-refractivity contribution in [3.8, 4) is 0 Å². The highest BCUT2D eigenvalue weighted by Gasteiger charge is 2.23. The molecule has 138 valence electrons. The third-order valence-corrected chi connectivity index (χ3v) is 5.35. The number of nitrogens with zero attached hydrogens (tertiary/aromatic N) is 2. The Balaban J connectivity index is 1.69. The van der Waals surface area contributed by atoms with E-state index in [2.05, 4.69) is 42.3 Å². The van der Waals surface area contributed by atoms with Crippen LogP contribution in [0.4, 0.5) is 16.2 Å². The van der Waals surface area contributed by atoms with Crippen molar-refractivity contribution in [1.29, 1.82) is 0 Å². The average molecular weight is 345 g/mol. The zero-order chi connectivity index (χ0) is 17.8. The maximum atomic E-state index is 12.8. The van der Waals surface area contributed by atoms with Crippen LogP contribution in [0.3, 0.4) is 0 Å². The predicted molar refractivity (Wildman–Crippen MR) is 102 cm³/mol. The quantitative estimate of drug-likeness (QED) is 0.888. The van der Waals surface area contributed by atoms with E-state index in [0.29, 0.717) is 11.8 Å². The van der Waals surface area contributed by atoms with Gasteiger partial charge in [0.15, 0.2) is 0 Å². The Kier molecular flexibility index (Phi) is 5.84. The SMILES string of the molecule is Cc1ccc(N2CCOCC2)cc1NC(=O)N1CC[C@H](C)C[C@@H](C)C1. The fraction of sp³-hybridized carbons (Fsp3) is 0.650. The van der Waals surface area contributed by atoms with E-state index in [0.717, 1.165) is 62.8 Å². The predicted octanol–water partition coefficient (Wildman–Crippen LogP) is 3.73. The van der Waals surface area contributed by atoms with Crippen molar-refractivity contribution in [3.63, 3.8) is 0 Å². The summed E-state index contributed by atoms with van der Waals surface area (Å²) in [7, 11) is 0. The lowest BCUT2D eigenvalue weighted by molar-refractivity contribution is 0.122. The van der Waals surface area contributed by atoms with Gasteiger partial charge in [0, 0.05) is 37.6 Å². The van der Waals surface area contributed by atoms with E-state index >= 15 is 0 Å². The first-order valence-corrected chi connectivity index (χ1v) is 9.52. The lowest BCUT2D eigenvalue weighted by Crippen LogP contribution is -2.38. The van der Waals surface area contributed by atoms with Gasteiger partial charge >= 0.3 is 6.03 Å². The molecule has 0 spiro atoms. The van der Waals surface area contributed by atoms with Gasteiger partial charge in [0.2, 0.25) is 0 Å². The number of urea groups is 1. The summed E-state index contributed by atoms with van der Waals surface area (Å²) in [6.45, 7) is 11.6. The number of morpholine rings is 1. The topological polar surface area (TPSA) is 44.8 Å². The van der Waals surface area contributed by atoms with Gasteiger partial charge in [0.05, 0.1) is 13.2 Å². The molecule has 0 aliphatic carbocycles. The van der Waals surface area contributed by atoms with Gasteiger partial charge in [-0.1, -0.05) is 19.9 Å². The van der Waals surface area contributed by atoms with Crippen LogP contribution < -0.4 is 10.2 Å². The number of carbonyl (C=O) groups excluding carboxylic acids is 1. The molecule has 0 aromatic heterocycles. The van der Waals surface area contributed by atoms with Gasteiger partial charge in [-0.2, -0.15) is 0 Å². The Morgan fingerprint density at radius 2 is 1.92 bits per heavy atom. The molecule has 2 fully saturated rings. The van der Waals surface area contributed by atoms with Crippen LogP contribution in [0, 0.1) is 18.8 Å². The van der Waals surface area contributed by atoms with Gasteiger partial charge in [-0.25, -0.2) is 4.79 Å². The minimum absolute atomic E-state index is 0.0307. The second kappa shape index (κ2) is 8.09. The highest BCUT2D eigenvalue weighted by atomic mass is 16.5. The van der Waals surface area contributed by atoms with Crippen molar-refractivity contribution in [1.82, 2.24) is 4.90 Å². The van der Waals surface area contributed by atoms with Crippen molar-refractivity contribution < 1.29 is 9.53 Å². The molecule has 2 aliphatic rings. The Morgan fingerprint density at radius 3 is 2.68 bits per heavy atom. The molecule has 2 saturated heterocycles. The van der Waals surface area contributed by atoms with Crippen LogP contribution >= 0.6 is 0 Å². The molecule has 0 saturated carbocycles. The fourth-order valence-corrected chi connectivity index (χ4v) is 3.86. The number of hydrogen-bond donors (Lipinski definition) is 1. The summed E-state index contributed by atoms with van der Waals surface area (Å²) < 4.78 is 5.43. The smallest absolute Gasteiger partial charge is 0.321 e. The number of aryl methyl sites for hydroxylation is 1. The zero-order valence-electron chi connectivity index (χ0n) is 15.8. The van der Waals surface area contributed by atoms with E-state index in [1.165, 1.54) is 6.42 Å². The molecule has 0 bridgehead atoms. The van der Waals surface area contributed by atoms with Crippen LogP contribution in [-0.4, -0.2) is 50.3 Å². The number of ether oxygens (including phenoxy) is 1. The van der Waals surface area contributed by atoms with E-state index < -0.39 is 0 Å². The minimum Gasteiger partial charge on any atom is -0.378 e. The van der Waals surface area contributed by atoms with Crippen LogP contribution in [0.15, 0.2) is 18.2 Å². The van der Waals surface area contributed by atoms with Gasteiger partial charge in [-0.15, -0.1) is 0 Å². The first-order chi connectivity index (χ1) is 12.0. The van der Waals surface area contributed by atoms with Crippen LogP contribution in [0.25, 0.3) is 0 Å². The second-order valence-electron chi connectivity index (χ2n) is 7.71. The number of benzene rings is 1. The van der Waals surface area contributed by atoms with E-state index in [1.54, 1.807) is 0 Å². The van der Waals surface area contributed by atoms with Gasteiger partial charge in [0.1, 0.15) is 0 Å². The largest absolute Gasteiger partial charge is 0.378 e. The highest BCUT2D eigenvalue weighted by molar-refractivity contribution is 5.91. The third kappa shape index (κ3) is 4.66. The average Bonchev–Trinajstić information content (AvgIpc) is 2.78. The molecule has 5 nitrogen and oxygen atoms in total. The Bertz CT molecular complexity index is 599. The van der Waals surface area contributed by atoms with E-state index in [1.807, 2.05) is 11.8 Å². The summed E-state index contributed by atoms with van der Waals surface area (Å²) in [5, 5.41) is 3.15. The molecular weight excluding hydrogens is 314 g/mol. The number of anilines is 2. The molecule has 2 heterocycles. The first kappa shape index (κ1) is 18.1. The van der Waals surface area contributed by atoms with Crippen LogP contribution in [0.1, 0.15) is 32.3 Å². The Hall–Kier alpha value is -1.75.